The standard InChI is InChI=1S/C8H4F5NO3/c9-7(10)6-3(2-15)4(16)1-5(14-6)17-8(11,12)13/h1-2,7H,(H,14,16). The van der Waals surface area contributed by atoms with Crippen LogP contribution in [0.25, 0.3) is 0 Å². The Morgan fingerprint density at radius 1 is 1.35 bits per heavy atom. The van der Waals surface area contributed by atoms with Crippen molar-refractivity contribution in [3.05, 3.63) is 27.5 Å². The first-order valence-electron chi connectivity index (χ1n) is 4.01. The molecular weight excluding hydrogens is 253 g/mol. The maximum Gasteiger partial charge on any atom is 0.574 e. The third-order valence-corrected chi connectivity index (χ3v) is 1.64. The van der Waals surface area contributed by atoms with Gasteiger partial charge in [0.1, 0.15) is 0 Å². The van der Waals surface area contributed by atoms with Gasteiger partial charge in [0, 0.05) is 6.07 Å². The molecule has 1 aromatic heterocycles. The normalized spacial score (nSPS) is 11.6. The second-order valence-electron chi connectivity index (χ2n) is 2.79. The van der Waals surface area contributed by atoms with Crippen LogP contribution in [0.1, 0.15) is 22.5 Å². The molecule has 0 aliphatic rings. The van der Waals surface area contributed by atoms with Gasteiger partial charge in [0.05, 0.1) is 11.3 Å². The van der Waals surface area contributed by atoms with Gasteiger partial charge < -0.3 is 9.72 Å². The zero-order chi connectivity index (χ0) is 13.2. The van der Waals surface area contributed by atoms with E-state index in [1.165, 1.54) is 4.98 Å². The number of rotatable bonds is 3. The number of H-pyrrole nitrogens is 1. The summed E-state index contributed by atoms with van der Waals surface area (Å²) >= 11 is 0. The Balaban J connectivity index is 3.30. The number of pyridine rings is 1. The molecule has 94 valence electrons. The number of halogens is 5. The summed E-state index contributed by atoms with van der Waals surface area (Å²) in [6, 6.07) is 0.267. The summed E-state index contributed by atoms with van der Waals surface area (Å²) in [4.78, 5) is 22.9. The molecule has 0 fully saturated rings. The minimum absolute atomic E-state index is 0.169. The summed E-state index contributed by atoms with van der Waals surface area (Å²) < 4.78 is 63.3. The summed E-state index contributed by atoms with van der Waals surface area (Å²) in [7, 11) is 0. The maximum absolute atomic E-state index is 12.3. The molecule has 1 heterocycles. The van der Waals surface area contributed by atoms with Crippen LogP contribution in [-0.4, -0.2) is 17.6 Å². The number of carbonyl (C=O) groups excluding carboxylic acids is 1. The van der Waals surface area contributed by atoms with Crippen LogP contribution in [0, 0.1) is 0 Å². The van der Waals surface area contributed by atoms with Gasteiger partial charge in [0.25, 0.3) is 6.43 Å². The fourth-order valence-electron chi connectivity index (χ4n) is 1.04. The number of hydrogen-bond donors (Lipinski definition) is 1. The number of nitrogens with one attached hydrogen (secondary N) is 1. The SMILES string of the molecule is O=Cc1c(C(F)F)[nH]c(OC(F)(F)F)cc1=O. The lowest BCUT2D eigenvalue weighted by atomic mass is 10.2. The first kappa shape index (κ1) is 13.1. The molecule has 0 amide bonds. The second-order valence-corrected chi connectivity index (χ2v) is 2.79. The lowest BCUT2D eigenvalue weighted by Gasteiger charge is -2.10. The van der Waals surface area contributed by atoms with E-state index in [4.69, 9.17) is 0 Å². The Bertz CT molecular complexity index is 479. The highest BCUT2D eigenvalue weighted by molar-refractivity contribution is 5.76. The molecular formula is C8H4F5NO3. The van der Waals surface area contributed by atoms with Gasteiger partial charge in [-0.1, -0.05) is 0 Å². The number of aromatic nitrogens is 1. The number of aldehydes is 1. The van der Waals surface area contributed by atoms with Crippen molar-refractivity contribution in [2.75, 3.05) is 0 Å². The fourth-order valence-corrected chi connectivity index (χ4v) is 1.04. The van der Waals surface area contributed by atoms with Gasteiger partial charge in [-0.2, -0.15) is 0 Å². The van der Waals surface area contributed by atoms with Crippen LogP contribution in [0.3, 0.4) is 0 Å². The molecule has 0 aliphatic heterocycles. The fraction of sp³-hybridized carbons (Fsp3) is 0.250. The van der Waals surface area contributed by atoms with Crippen LogP contribution in [0.4, 0.5) is 22.0 Å². The number of carbonyl (C=O) groups is 1. The van der Waals surface area contributed by atoms with Crippen LogP contribution < -0.4 is 10.2 Å². The molecule has 4 nitrogen and oxygen atoms in total. The van der Waals surface area contributed by atoms with Crippen molar-refractivity contribution in [3.8, 4) is 5.88 Å². The third-order valence-electron chi connectivity index (χ3n) is 1.64. The van der Waals surface area contributed by atoms with E-state index in [0.717, 1.165) is 0 Å². The van der Waals surface area contributed by atoms with Crippen molar-refractivity contribution < 1.29 is 31.5 Å². The Hall–Kier alpha value is -1.93. The Kier molecular flexibility index (Phi) is 3.49. The van der Waals surface area contributed by atoms with Gasteiger partial charge in [-0.3, -0.25) is 9.59 Å². The molecule has 17 heavy (non-hydrogen) atoms. The Labute approximate surface area is 90.0 Å². The minimum atomic E-state index is -5.13. The predicted octanol–water partition coefficient (Wildman–Crippen LogP) is 2.02. The van der Waals surface area contributed by atoms with Crippen molar-refractivity contribution >= 4 is 6.29 Å². The molecule has 0 aliphatic carbocycles. The Morgan fingerprint density at radius 3 is 2.35 bits per heavy atom. The third kappa shape index (κ3) is 3.26. The molecule has 0 unspecified atom stereocenters. The number of hydrogen-bond acceptors (Lipinski definition) is 3. The van der Waals surface area contributed by atoms with Gasteiger partial charge in [-0.25, -0.2) is 8.78 Å². The van der Waals surface area contributed by atoms with Crippen LogP contribution >= 0.6 is 0 Å². The highest BCUT2D eigenvalue weighted by Gasteiger charge is 2.32. The summed E-state index contributed by atoms with van der Waals surface area (Å²) in [6.07, 6.45) is -8.61. The highest BCUT2D eigenvalue weighted by Crippen LogP contribution is 2.24. The van der Waals surface area contributed by atoms with Gasteiger partial charge in [-0.15, -0.1) is 13.2 Å². The zero-order valence-electron chi connectivity index (χ0n) is 7.85. The molecule has 0 saturated carbocycles. The van der Waals surface area contributed by atoms with E-state index in [1.54, 1.807) is 0 Å². The molecule has 0 saturated heterocycles. The van der Waals surface area contributed by atoms with E-state index in [9.17, 15) is 31.5 Å². The van der Waals surface area contributed by atoms with Crippen molar-refractivity contribution in [2.45, 2.75) is 12.8 Å². The van der Waals surface area contributed by atoms with E-state index >= 15 is 0 Å². The number of alkyl halides is 5. The van der Waals surface area contributed by atoms with Gasteiger partial charge in [-0.05, 0) is 0 Å². The van der Waals surface area contributed by atoms with Crippen molar-refractivity contribution in [3.63, 3.8) is 0 Å². The van der Waals surface area contributed by atoms with E-state index in [0.29, 0.717) is 0 Å². The average Bonchev–Trinajstić information content (AvgIpc) is 2.13. The summed E-state index contributed by atoms with van der Waals surface area (Å²) in [5.41, 5.74) is -3.44. The lowest BCUT2D eigenvalue weighted by molar-refractivity contribution is -0.276. The summed E-state index contributed by atoms with van der Waals surface area (Å²) in [5.74, 6) is -1.21. The number of ether oxygens (including phenoxy) is 1. The van der Waals surface area contributed by atoms with Gasteiger partial charge >= 0.3 is 6.36 Å². The van der Waals surface area contributed by atoms with E-state index in [2.05, 4.69) is 4.74 Å². The van der Waals surface area contributed by atoms with E-state index < -0.39 is 35.4 Å². The van der Waals surface area contributed by atoms with Crippen LogP contribution in [0.15, 0.2) is 10.9 Å². The zero-order valence-corrected chi connectivity index (χ0v) is 7.85. The molecule has 0 bridgehead atoms. The molecule has 0 radical (unpaired) electrons. The van der Waals surface area contributed by atoms with Crippen LogP contribution in [0.5, 0.6) is 5.88 Å². The first-order chi connectivity index (χ1) is 7.74. The molecule has 1 N–H and O–H groups in total. The molecule has 1 rings (SSSR count). The van der Waals surface area contributed by atoms with E-state index in [-0.39, 0.29) is 12.4 Å². The quantitative estimate of drug-likeness (QED) is 0.665. The smallest absolute Gasteiger partial charge is 0.390 e. The molecule has 0 spiro atoms. The highest BCUT2D eigenvalue weighted by atomic mass is 19.4. The monoisotopic (exact) mass is 257 g/mol. The summed E-state index contributed by atoms with van der Waals surface area (Å²) in [6.45, 7) is 0. The van der Waals surface area contributed by atoms with Gasteiger partial charge in [0.15, 0.2) is 11.7 Å². The molecule has 0 aromatic carbocycles. The maximum atomic E-state index is 12.3. The average molecular weight is 257 g/mol. The molecule has 9 heteroatoms. The van der Waals surface area contributed by atoms with Crippen molar-refractivity contribution in [1.82, 2.24) is 4.98 Å². The first-order valence-corrected chi connectivity index (χ1v) is 4.01. The van der Waals surface area contributed by atoms with Crippen molar-refractivity contribution in [1.29, 1.82) is 0 Å². The predicted molar refractivity (Wildman–Crippen MR) is 44.1 cm³/mol. The summed E-state index contributed by atoms with van der Waals surface area (Å²) in [5, 5.41) is 0. The van der Waals surface area contributed by atoms with Gasteiger partial charge in [0.2, 0.25) is 5.88 Å². The van der Waals surface area contributed by atoms with Crippen LogP contribution in [-0.2, 0) is 0 Å². The minimum Gasteiger partial charge on any atom is -0.390 e. The topological polar surface area (TPSA) is 59.2 Å². The van der Waals surface area contributed by atoms with Crippen molar-refractivity contribution in [2.24, 2.45) is 0 Å². The lowest BCUT2D eigenvalue weighted by Crippen LogP contribution is -2.21. The molecule has 0 atom stereocenters. The Morgan fingerprint density at radius 2 is 1.94 bits per heavy atom. The van der Waals surface area contributed by atoms with Crippen LogP contribution in [0.2, 0.25) is 0 Å². The van der Waals surface area contributed by atoms with E-state index in [1.807, 2.05) is 0 Å². The molecule has 1 aromatic rings. The largest absolute Gasteiger partial charge is 0.574 e. The second kappa shape index (κ2) is 4.52. The number of aromatic amines is 1.